The van der Waals surface area contributed by atoms with Crippen molar-refractivity contribution in [1.29, 1.82) is 0 Å². The third kappa shape index (κ3) is 4.02. The molecule has 53 heavy (non-hydrogen) atoms. The highest BCUT2D eigenvalue weighted by Crippen LogP contribution is 2.41. The normalized spacial score (nSPS) is 12.2. The molecule has 5 heteroatoms. The Labute approximate surface area is 302 Å². The number of nitrogens with zero attached hydrogens (tertiary/aromatic N) is 4. The summed E-state index contributed by atoms with van der Waals surface area (Å²) in [5.41, 5.74) is 10.0. The van der Waals surface area contributed by atoms with Crippen molar-refractivity contribution in [1.82, 2.24) is 19.1 Å². The van der Waals surface area contributed by atoms with Gasteiger partial charge in [0.2, 0.25) is 5.95 Å². The summed E-state index contributed by atoms with van der Waals surface area (Å²) in [6.45, 7) is 0. The van der Waals surface area contributed by atoms with Crippen molar-refractivity contribution in [3.05, 3.63) is 170 Å². The molecule has 0 radical (unpaired) electrons. The minimum Gasteiger partial charge on any atom is -0.455 e. The van der Waals surface area contributed by atoms with Crippen LogP contribution in [-0.2, 0) is 0 Å². The maximum Gasteiger partial charge on any atom is 0.235 e. The number of furan rings is 1. The number of hydrogen-bond acceptors (Lipinski definition) is 3. The lowest BCUT2D eigenvalue weighted by Crippen LogP contribution is -2.03. The third-order valence-corrected chi connectivity index (χ3v) is 10.9. The monoisotopic (exact) mass is 676 g/mol. The summed E-state index contributed by atoms with van der Waals surface area (Å²) >= 11 is 0. The summed E-state index contributed by atoms with van der Waals surface area (Å²) in [6, 6.07) is 60.0. The van der Waals surface area contributed by atoms with E-state index in [1.165, 1.54) is 27.1 Å². The summed E-state index contributed by atoms with van der Waals surface area (Å²) in [5.74, 6) is 0.627. The first-order valence-corrected chi connectivity index (χ1v) is 17.9. The van der Waals surface area contributed by atoms with E-state index in [0.717, 1.165) is 77.1 Å². The molecule has 0 aliphatic carbocycles. The molecule has 4 aromatic heterocycles. The number of hydrogen-bond donors (Lipinski definition) is 0. The van der Waals surface area contributed by atoms with Gasteiger partial charge in [-0.05, 0) is 66.0 Å². The highest BCUT2D eigenvalue weighted by molar-refractivity contribution is 6.19. The summed E-state index contributed by atoms with van der Waals surface area (Å²) in [4.78, 5) is 10.7. The predicted molar refractivity (Wildman–Crippen MR) is 218 cm³/mol. The predicted octanol–water partition coefficient (Wildman–Crippen LogP) is 12.5. The van der Waals surface area contributed by atoms with Crippen molar-refractivity contribution in [2.75, 3.05) is 0 Å². The second-order valence-corrected chi connectivity index (χ2v) is 13.8. The topological polar surface area (TPSA) is 48.8 Å². The molecular weight excluding hydrogens is 649 g/mol. The van der Waals surface area contributed by atoms with Gasteiger partial charge in [-0.2, -0.15) is 0 Å². The number of rotatable bonds is 3. The molecule has 0 amide bonds. The van der Waals surface area contributed by atoms with Crippen molar-refractivity contribution < 1.29 is 4.42 Å². The highest BCUT2D eigenvalue weighted by atomic mass is 16.3. The zero-order valence-corrected chi connectivity index (χ0v) is 28.4. The first-order chi connectivity index (χ1) is 26.3. The molecule has 0 aliphatic heterocycles. The Kier molecular flexibility index (Phi) is 5.71. The average Bonchev–Trinajstić information content (AvgIpc) is 3.87. The van der Waals surface area contributed by atoms with Gasteiger partial charge < -0.3 is 8.98 Å². The van der Waals surface area contributed by atoms with Crippen LogP contribution < -0.4 is 0 Å². The fourth-order valence-corrected chi connectivity index (χ4v) is 8.54. The van der Waals surface area contributed by atoms with E-state index in [-0.39, 0.29) is 0 Å². The first kappa shape index (κ1) is 28.5. The zero-order valence-electron chi connectivity index (χ0n) is 28.4. The van der Waals surface area contributed by atoms with Crippen LogP contribution in [0.15, 0.2) is 174 Å². The summed E-state index contributed by atoms with van der Waals surface area (Å²) < 4.78 is 11.2. The average molecular weight is 677 g/mol. The van der Waals surface area contributed by atoms with Crippen LogP contribution in [0.25, 0.3) is 110 Å². The SMILES string of the molecule is c1ccc(-n2c3ccccc3c3cc4c5ccccc5n(-c5nc(-c6ccc7c(c6)oc6c8ccccc8ccc76)c6ccccc6n5)c4cc32)cc1. The van der Waals surface area contributed by atoms with Crippen molar-refractivity contribution in [2.45, 2.75) is 0 Å². The minimum absolute atomic E-state index is 0.627. The Morgan fingerprint density at radius 1 is 0.396 bits per heavy atom. The molecule has 0 saturated carbocycles. The number of aromatic nitrogens is 4. The van der Waals surface area contributed by atoms with Crippen molar-refractivity contribution in [2.24, 2.45) is 0 Å². The van der Waals surface area contributed by atoms with Crippen LogP contribution in [-0.4, -0.2) is 19.1 Å². The fraction of sp³-hybridized carbons (Fsp3) is 0. The largest absolute Gasteiger partial charge is 0.455 e. The maximum absolute atomic E-state index is 6.62. The molecule has 4 heterocycles. The van der Waals surface area contributed by atoms with E-state index in [1.807, 2.05) is 6.07 Å². The van der Waals surface area contributed by atoms with Crippen molar-refractivity contribution >= 4 is 87.2 Å². The van der Waals surface area contributed by atoms with Gasteiger partial charge in [0.05, 0.1) is 33.3 Å². The molecule has 5 nitrogen and oxygen atoms in total. The molecule has 0 fully saturated rings. The van der Waals surface area contributed by atoms with Gasteiger partial charge in [-0.25, -0.2) is 9.97 Å². The van der Waals surface area contributed by atoms with Gasteiger partial charge in [0.1, 0.15) is 11.2 Å². The Morgan fingerprint density at radius 2 is 1.04 bits per heavy atom. The van der Waals surface area contributed by atoms with Crippen LogP contribution in [0, 0.1) is 0 Å². The molecule has 0 spiro atoms. The van der Waals surface area contributed by atoms with Gasteiger partial charge in [0.15, 0.2) is 0 Å². The Hall–Kier alpha value is -7.24. The van der Waals surface area contributed by atoms with Gasteiger partial charge in [0.25, 0.3) is 0 Å². The Bertz CT molecular complexity index is 3460. The fourth-order valence-electron chi connectivity index (χ4n) is 8.54. The Balaban J connectivity index is 1.15. The van der Waals surface area contributed by atoms with E-state index >= 15 is 0 Å². The summed E-state index contributed by atoms with van der Waals surface area (Å²) in [5, 5.41) is 10.2. The quantitative estimate of drug-likeness (QED) is 0.187. The van der Waals surface area contributed by atoms with E-state index in [2.05, 4.69) is 173 Å². The van der Waals surface area contributed by atoms with Crippen LogP contribution in [0.5, 0.6) is 0 Å². The molecule has 0 unspecified atom stereocenters. The van der Waals surface area contributed by atoms with E-state index in [9.17, 15) is 0 Å². The van der Waals surface area contributed by atoms with E-state index in [4.69, 9.17) is 14.4 Å². The van der Waals surface area contributed by atoms with Crippen LogP contribution in [0.3, 0.4) is 0 Å². The van der Waals surface area contributed by atoms with Crippen molar-refractivity contribution in [3.8, 4) is 22.9 Å². The van der Waals surface area contributed by atoms with E-state index < -0.39 is 0 Å². The first-order valence-electron chi connectivity index (χ1n) is 17.9. The summed E-state index contributed by atoms with van der Waals surface area (Å²) in [6.07, 6.45) is 0. The number of benzene rings is 8. The van der Waals surface area contributed by atoms with Gasteiger partial charge >= 0.3 is 0 Å². The zero-order chi connectivity index (χ0) is 34.6. The molecule has 0 bridgehead atoms. The summed E-state index contributed by atoms with van der Waals surface area (Å²) in [7, 11) is 0. The lowest BCUT2D eigenvalue weighted by Gasteiger charge is -2.12. The molecule has 12 aromatic rings. The second-order valence-electron chi connectivity index (χ2n) is 13.8. The van der Waals surface area contributed by atoms with Crippen molar-refractivity contribution in [3.63, 3.8) is 0 Å². The van der Waals surface area contributed by atoms with Crippen LogP contribution in [0.2, 0.25) is 0 Å². The molecule has 0 saturated heterocycles. The number of para-hydroxylation sites is 4. The number of fused-ring (bicyclic) bond motifs is 12. The van der Waals surface area contributed by atoms with Gasteiger partial charge in [-0.3, -0.25) is 4.57 Å². The molecule has 246 valence electrons. The van der Waals surface area contributed by atoms with Gasteiger partial charge in [-0.15, -0.1) is 0 Å². The van der Waals surface area contributed by atoms with Crippen LogP contribution in [0.1, 0.15) is 0 Å². The van der Waals surface area contributed by atoms with Crippen LogP contribution >= 0.6 is 0 Å². The van der Waals surface area contributed by atoms with E-state index in [1.54, 1.807) is 0 Å². The van der Waals surface area contributed by atoms with Crippen LogP contribution in [0.4, 0.5) is 0 Å². The molecule has 0 aliphatic rings. The standard InChI is InChI=1S/C48H28N4O/c1-2-13-31(14-3-1)51-41-20-10-7-16-33(41)38-27-39-34-17-8-11-21-42(34)52(44(39)28-43(38)51)48-49-40-19-9-6-18-37(40)46(50-48)30-23-24-35-36-25-22-29-12-4-5-15-32(29)47(36)53-45(35)26-30/h1-28H. The smallest absolute Gasteiger partial charge is 0.235 e. The van der Waals surface area contributed by atoms with Gasteiger partial charge in [-0.1, -0.05) is 109 Å². The second kappa shape index (κ2) is 10.6. The molecule has 8 aromatic carbocycles. The lowest BCUT2D eigenvalue weighted by molar-refractivity contribution is 0.673. The molecule has 0 atom stereocenters. The molecule has 12 rings (SSSR count). The molecule has 0 N–H and O–H groups in total. The lowest BCUT2D eigenvalue weighted by atomic mass is 10.0. The highest BCUT2D eigenvalue weighted by Gasteiger charge is 2.21. The Morgan fingerprint density at radius 3 is 1.85 bits per heavy atom. The minimum atomic E-state index is 0.627. The maximum atomic E-state index is 6.62. The third-order valence-electron chi connectivity index (χ3n) is 10.9. The van der Waals surface area contributed by atoms with Gasteiger partial charge in [0, 0.05) is 54.3 Å². The van der Waals surface area contributed by atoms with E-state index in [0.29, 0.717) is 5.95 Å². The molecular formula is C48H28N4O.